The lowest BCUT2D eigenvalue weighted by atomic mass is 10.1. The molecule has 7 heteroatoms. The van der Waals surface area contributed by atoms with Crippen molar-refractivity contribution in [2.45, 2.75) is 18.7 Å². The first-order valence-electron chi connectivity index (χ1n) is 7.27. The lowest BCUT2D eigenvalue weighted by molar-refractivity contribution is 0.0449. The predicted octanol–water partition coefficient (Wildman–Crippen LogP) is 2.19. The monoisotopic (exact) mass is 349 g/mol. The second-order valence-electron chi connectivity index (χ2n) is 5.32. The number of carbonyl (C=O) groups excluding carboxylic acids is 1. The van der Waals surface area contributed by atoms with Gasteiger partial charge in [0, 0.05) is 0 Å². The summed E-state index contributed by atoms with van der Waals surface area (Å²) in [5, 5.41) is 5.07. The molecule has 0 aromatic heterocycles. The molecule has 24 heavy (non-hydrogen) atoms. The Morgan fingerprint density at radius 2 is 1.83 bits per heavy atom. The Labute approximate surface area is 141 Å². The molecule has 0 heterocycles. The average molecular weight is 349 g/mol. The van der Waals surface area contributed by atoms with Gasteiger partial charge >= 0.3 is 5.97 Å². The molecule has 0 aliphatic rings. The number of rotatable bonds is 6. The maximum Gasteiger partial charge on any atom is 0.338 e. The molecule has 0 bridgehead atoms. The van der Waals surface area contributed by atoms with Gasteiger partial charge in [0.1, 0.15) is 19.0 Å². The lowest BCUT2D eigenvalue weighted by Crippen LogP contribution is -2.16. The van der Waals surface area contributed by atoms with Gasteiger partial charge in [0.05, 0.1) is 10.5 Å². The number of aryl methyl sites for hydroxylation is 2. The van der Waals surface area contributed by atoms with Gasteiger partial charge in [-0.25, -0.2) is 18.4 Å². The smallest absolute Gasteiger partial charge is 0.338 e. The molecule has 0 amide bonds. The van der Waals surface area contributed by atoms with E-state index in [0.717, 1.165) is 5.56 Å². The van der Waals surface area contributed by atoms with E-state index in [1.807, 2.05) is 31.2 Å². The fourth-order valence-electron chi connectivity index (χ4n) is 2.07. The highest BCUT2D eigenvalue weighted by atomic mass is 32.2. The summed E-state index contributed by atoms with van der Waals surface area (Å²) in [7, 11) is -3.87. The molecule has 0 radical (unpaired) electrons. The zero-order valence-electron chi connectivity index (χ0n) is 13.5. The maximum atomic E-state index is 12.1. The first-order valence-corrected chi connectivity index (χ1v) is 8.82. The highest BCUT2D eigenvalue weighted by molar-refractivity contribution is 7.89. The van der Waals surface area contributed by atoms with Crippen LogP contribution in [-0.2, 0) is 14.8 Å². The molecule has 2 aromatic rings. The molecule has 2 N–H and O–H groups in total. The van der Waals surface area contributed by atoms with Gasteiger partial charge in [-0.1, -0.05) is 18.2 Å². The number of hydrogen-bond acceptors (Lipinski definition) is 5. The third-order valence-electron chi connectivity index (χ3n) is 3.33. The Morgan fingerprint density at radius 1 is 1.08 bits per heavy atom. The van der Waals surface area contributed by atoms with Crippen molar-refractivity contribution in [3.05, 3.63) is 59.2 Å². The van der Waals surface area contributed by atoms with Crippen molar-refractivity contribution in [2.75, 3.05) is 13.2 Å². The lowest BCUT2D eigenvalue weighted by Gasteiger charge is -2.10. The van der Waals surface area contributed by atoms with Crippen LogP contribution in [0.1, 0.15) is 21.5 Å². The van der Waals surface area contributed by atoms with Gasteiger partial charge in [0.25, 0.3) is 0 Å². The summed E-state index contributed by atoms with van der Waals surface area (Å²) in [5.41, 5.74) is 1.84. The summed E-state index contributed by atoms with van der Waals surface area (Å²) < 4.78 is 33.4. The Bertz CT molecular complexity index is 846. The van der Waals surface area contributed by atoms with Crippen molar-refractivity contribution in [2.24, 2.45) is 5.14 Å². The first-order chi connectivity index (χ1) is 11.3. The Kier molecular flexibility index (Phi) is 5.58. The van der Waals surface area contributed by atoms with Crippen LogP contribution in [0.5, 0.6) is 5.75 Å². The number of primary sulfonamides is 1. The van der Waals surface area contributed by atoms with Gasteiger partial charge in [-0.3, -0.25) is 0 Å². The predicted molar refractivity (Wildman–Crippen MR) is 89.5 cm³/mol. The summed E-state index contributed by atoms with van der Waals surface area (Å²) in [6.45, 7) is 3.88. The van der Waals surface area contributed by atoms with Gasteiger partial charge in [0.2, 0.25) is 10.0 Å². The molecule has 6 nitrogen and oxygen atoms in total. The summed E-state index contributed by atoms with van der Waals surface area (Å²) >= 11 is 0. The SMILES string of the molecule is Cc1cccc(OCCOC(=O)c2cc(S(N)(=O)=O)ccc2C)c1. The molecule has 0 unspecified atom stereocenters. The van der Waals surface area contributed by atoms with E-state index in [-0.39, 0.29) is 23.7 Å². The van der Waals surface area contributed by atoms with E-state index >= 15 is 0 Å². The van der Waals surface area contributed by atoms with Crippen molar-refractivity contribution in [1.82, 2.24) is 0 Å². The topological polar surface area (TPSA) is 95.7 Å². The van der Waals surface area contributed by atoms with Crippen molar-refractivity contribution in [3.8, 4) is 5.75 Å². The molecule has 0 aliphatic heterocycles. The molecule has 0 saturated heterocycles. The zero-order valence-corrected chi connectivity index (χ0v) is 14.3. The molecule has 0 saturated carbocycles. The van der Waals surface area contributed by atoms with E-state index in [2.05, 4.69) is 0 Å². The second-order valence-corrected chi connectivity index (χ2v) is 6.88. The number of nitrogens with two attached hydrogens (primary N) is 1. The van der Waals surface area contributed by atoms with E-state index < -0.39 is 16.0 Å². The van der Waals surface area contributed by atoms with Crippen molar-refractivity contribution >= 4 is 16.0 Å². The number of ether oxygens (including phenoxy) is 2. The molecule has 0 atom stereocenters. The van der Waals surface area contributed by atoms with Gasteiger partial charge in [-0.2, -0.15) is 0 Å². The second kappa shape index (κ2) is 7.46. The van der Waals surface area contributed by atoms with Crippen molar-refractivity contribution in [1.29, 1.82) is 0 Å². The van der Waals surface area contributed by atoms with Gasteiger partial charge in [-0.15, -0.1) is 0 Å². The zero-order chi connectivity index (χ0) is 17.7. The highest BCUT2D eigenvalue weighted by Crippen LogP contribution is 2.16. The third kappa shape index (κ3) is 4.81. The molecule has 0 fully saturated rings. The Balaban J connectivity index is 1.95. The van der Waals surface area contributed by atoms with Crippen LogP contribution in [0.4, 0.5) is 0 Å². The number of carbonyl (C=O) groups is 1. The molecular weight excluding hydrogens is 330 g/mol. The molecule has 2 rings (SSSR count). The molecule has 0 aliphatic carbocycles. The average Bonchev–Trinajstić information content (AvgIpc) is 2.50. The number of esters is 1. The van der Waals surface area contributed by atoms with Crippen LogP contribution in [0.15, 0.2) is 47.4 Å². The van der Waals surface area contributed by atoms with E-state index in [4.69, 9.17) is 14.6 Å². The van der Waals surface area contributed by atoms with Gasteiger partial charge < -0.3 is 9.47 Å². The Hall–Kier alpha value is -2.38. The Morgan fingerprint density at radius 3 is 2.50 bits per heavy atom. The van der Waals surface area contributed by atoms with Crippen LogP contribution in [0.3, 0.4) is 0 Å². The quantitative estimate of drug-likeness (QED) is 0.637. The van der Waals surface area contributed by atoms with Crippen LogP contribution in [0.25, 0.3) is 0 Å². The highest BCUT2D eigenvalue weighted by Gasteiger charge is 2.15. The number of sulfonamides is 1. The molecule has 128 valence electrons. The minimum Gasteiger partial charge on any atom is -0.490 e. The van der Waals surface area contributed by atoms with Crippen LogP contribution >= 0.6 is 0 Å². The molecular formula is C17H19NO5S. The van der Waals surface area contributed by atoms with E-state index in [1.165, 1.54) is 18.2 Å². The van der Waals surface area contributed by atoms with E-state index in [1.54, 1.807) is 6.92 Å². The maximum absolute atomic E-state index is 12.1. The fraction of sp³-hybridized carbons (Fsp3) is 0.235. The normalized spacial score (nSPS) is 11.1. The fourth-order valence-corrected chi connectivity index (χ4v) is 2.61. The van der Waals surface area contributed by atoms with Crippen molar-refractivity contribution < 1.29 is 22.7 Å². The number of hydrogen-bond donors (Lipinski definition) is 1. The summed E-state index contributed by atoms with van der Waals surface area (Å²) in [4.78, 5) is 12.0. The minimum atomic E-state index is -3.87. The van der Waals surface area contributed by atoms with Crippen LogP contribution in [-0.4, -0.2) is 27.6 Å². The first kappa shape index (κ1) is 18.0. The van der Waals surface area contributed by atoms with Crippen LogP contribution < -0.4 is 9.88 Å². The van der Waals surface area contributed by atoms with Crippen LogP contribution in [0.2, 0.25) is 0 Å². The van der Waals surface area contributed by atoms with Crippen LogP contribution in [0, 0.1) is 13.8 Å². The molecule has 0 spiro atoms. The standard InChI is InChI=1S/C17H19NO5S/c1-12-4-3-5-14(10-12)22-8-9-23-17(19)16-11-15(24(18,20)21)7-6-13(16)2/h3-7,10-11H,8-9H2,1-2H3,(H2,18,20,21). The van der Waals surface area contributed by atoms with Gasteiger partial charge in [-0.05, 0) is 49.2 Å². The van der Waals surface area contributed by atoms with E-state index in [9.17, 15) is 13.2 Å². The summed E-state index contributed by atoms with van der Waals surface area (Å²) in [5.74, 6) is 0.0734. The minimum absolute atomic E-state index is 0.0474. The van der Waals surface area contributed by atoms with Gasteiger partial charge in [0.15, 0.2) is 0 Å². The van der Waals surface area contributed by atoms with E-state index in [0.29, 0.717) is 11.3 Å². The largest absolute Gasteiger partial charge is 0.490 e. The summed E-state index contributed by atoms with van der Waals surface area (Å²) in [6.07, 6.45) is 0. The van der Waals surface area contributed by atoms with Crippen molar-refractivity contribution in [3.63, 3.8) is 0 Å². The molecule has 2 aromatic carbocycles. The summed E-state index contributed by atoms with van der Waals surface area (Å²) in [6, 6.07) is 11.6. The third-order valence-corrected chi connectivity index (χ3v) is 4.24. The number of benzene rings is 2.